The summed E-state index contributed by atoms with van der Waals surface area (Å²) in [5, 5.41) is 11.9. The van der Waals surface area contributed by atoms with Gasteiger partial charge in [0.25, 0.3) is 5.78 Å². The van der Waals surface area contributed by atoms with Crippen LogP contribution in [0.1, 0.15) is 5.56 Å². The summed E-state index contributed by atoms with van der Waals surface area (Å²) in [7, 11) is 1.07. The van der Waals surface area contributed by atoms with Gasteiger partial charge in [-0.1, -0.05) is 29.5 Å². The van der Waals surface area contributed by atoms with Crippen molar-refractivity contribution in [3.05, 3.63) is 40.9 Å². The molecular weight excluding hydrogens is 255 g/mol. The van der Waals surface area contributed by atoms with Gasteiger partial charge in [0.05, 0.1) is 7.11 Å². The fourth-order valence-corrected chi connectivity index (χ4v) is 1.10. The first kappa shape index (κ1) is 16.2. The molecule has 0 aromatic heterocycles. The van der Waals surface area contributed by atoms with Crippen LogP contribution in [0.15, 0.2) is 30.3 Å². The Labute approximate surface area is 126 Å². The Hall–Kier alpha value is -0.810. The van der Waals surface area contributed by atoms with E-state index in [1.54, 1.807) is 0 Å². The summed E-state index contributed by atoms with van der Waals surface area (Å²) < 4.78 is 4.17. The van der Waals surface area contributed by atoms with Crippen LogP contribution < -0.4 is 34.7 Å². The standard InChI is InChI=1S/C11H9ClO4.Na/c1-16-11(15)10(14)6-9(13)7-2-4-8(12)5-3-7;/h2-6,13H,1H3;/q;+1/p-1. The van der Waals surface area contributed by atoms with Gasteiger partial charge in [0, 0.05) is 5.02 Å². The van der Waals surface area contributed by atoms with E-state index in [9.17, 15) is 14.7 Å². The third-order valence-corrected chi connectivity index (χ3v) is 2.03. The minimum atomic E-state index is -1.07. The molecule has 0 saturated carbocycles. The van der Waals surface area contributed by atoms with Crippen LogP contribution in [-0.4, -0.2) is 18.9 Å². The van der Waals surface area contributed by atoms with Gasteiger partial charge in [0.15, 0.2) is 0 Å². The normalized spacial score (nSPS) is 10.4. The summed E-state index contributed by atoms with van der Waals surface area (Å²) >= 11 is 5.63. The van der Waals surface area contributed by atoms with E-state index in [0.717, 1.165) is 7.11 Å². The van der Waals surface area contributed by atoms with Crippen LogP contribution in [0, 0.1) is 0 Å². The van der Waals surface area contributed by atoms with Crippen molar-refractivity contribution in [3.63, 3.8) is 0 Å². The molecule has 1 aromatic carbocycles. The second kappa shape index (κ2) is 7.50. The Morgan fingerprint density at radius 2 is 1.82 bits per heavy atom. The first-order valence-electron chi connectivity index (χ1n) is 4.31. The second-order valence-electron chi connectivity index (χ2n) is 2.87. The fraction of sp³-hybridized carbons (Fsp3) is 0.0909. The fourth-order valence-electron chi connectivity index (χ4n) is 0.976. The third-order valence-electron chi connectivity index (χ3n) is 1.78. The third kappa shape index (κ3) is 4.91. The van der Waals surface area contributed by atoms with Gasteiger partial charge in [0.2, 0.25) is 0 Å². The zero-order chi connectivity index (χ0) is 12.1. The van der Waals surface area contributed by atoms with Gasteiger partial charge < -0.3 is 9.84 Å². The zero-order valence-electron chi connectivity index (χ0n) is 9.40. The van der Waals surface area contributed by atoms with E-state index in [-0.39, 0.29) is 35.1 Å². The average molecular weight is 263 g/mol. The topological polar surface area (TPSA) is 66.4 Å². The Morgan fingerprint density at radius 1 is 1.29 bits per heavy atom. The SMILES string of the molecule is COC(=O)C(=O)C=C([O-])c1ccc(Cl)cc1.[Na+]. The number of hydrogen-bond donors (Lipinski definition) is 0. The van der Waals surface area contributed by atoms with E-state index < -0.39 is 17.5 Å². The van der Waals surface area contributed by atoms with Gasteiger partial charge in [-0.05, 0) is 23.8 Å². The smallest absolute Gasteiger partial charge is 0.872 e. The van der Waals surface area contributed by atoms with Crippen LogP contribution in [0.2, 0.25) is 5.02 Å². The van der Waals surface area contributed by atoms with Crippen molar-refractivity contribution >= 4 is 29.1 Å². The number of benzene rings is 1. The molecule has 1 rings (SSSR count). The van der Waals surface area contributed by atoms with Gasteiger partial charge in [-0.25, -0.2) is 4.79 Å². The van der Waals surface area contributed by atoms with E-state index in [1.165, 1.54) is 24.3 Å². The van der Waals surface area contributed by atoms with Crippen molar-refractivity contribution in [1.82, 2.24) is 0 Å². The Kier molecular flexibility index (Phi) is 7.15. The number of halogens is 1. The monoisotopic (exact) mass is 262 g/mol. The summed E-state index contributed by atoms with van der Waals surface area (Å²) in [5.41, 5.74) is 0.279. The van der Waals surface area contributed by atoms with E-state index in [2.05, 4.69) is 4.74 Å². The summed E-state index contributed by atoms with van der Waals surface area (Å²) in [6.07, 6.45) is 0.690. The first-order chi connectivity index (χ1) is 7.54. The van der Waals surface area contributed by atoms with Gasteiger partial charge in [-0.15, -0.1) is 0 Å². The molecule has 0 bridgehead atoms. The zero-order valence-corrected chi connectivity index (χ0v) is 12.2. The summed E-state index contributed by atoms with van der Waals surface area (Å²) in [4.78, 5) is 21.8. The van der Waals surface area contributed by atoms with E-state index in [4.69, 9.17) is 11.6 Å². The maximum absolute atomic E-state index is 11.5. The Balaban J connectivity index is 0.00000256. The van der Waals surface area contributed by atoms with Crippen LogP contribution >= 0.6 is 11.6 Å². The summed E-state index contributed by atoms with van der Waals surface area (Å²) in [5.74, 6) is -2.61. The maximum Gasteiger partial charge on any atom is 1.00 e. The molecule has 0 heterocycles. The van der Waals surface area contributed by atoms with Crippen molar-refractivity contribution in [2.75, 3.05) is 7.11 Å². The number of carbonyl (C=O) groups excluding carboxylic acids is 2. The van der Waals surface area contributed by atoms with Crippen LogP contribution in [0.3, 0.4) is 0 Å². The molecular formula is C11H8ClNaO4. The molecule has 0 saturated heterocycles. The molecule has 0 N–H and O–H groups in total. The van der Waals surface area contributed by atoms with Crippen LogP contribution in [0.5, 0.6) is 0 Å². The molecule has 1 aromatic rings. The quantitative estimate of drug-likeness (QED) is 0.204. The van der Waals surface area contributed by atoms with E-state index >= 15 is 0 Å². The van der Waals surface area contributed by atoms with Crippen molar-refractivity contribution in [2.45, 2.75) is 0 Å². The molecule has 0 aliphatic heterocycles. The molecule has 84 valence electrons. The number of carbonyl (C=O) groups is 2. The first-order valence-corrected chi connectivity index (χ1v) is 4.69. The van der Waals surface area contributed by atoms with Crippen LogP contribution in [0.4, 0.5) is 0 Å². The van der Waals surface area contributed by atoms with Gasteiger partial charge in [-0.3, -0.25) is 4.79 Å². The molecule has 17 heavy (non-hydrogen) atoms. The molecule has 0 fully saturated rings. The Morgan fingerprint density at radius 3 is 2.29 bits per heavy atom. The van der Waals surface area contributed by atoms with Crippen molar-refractivity contribution in [2.24, 2.45) is 0 Å². The number of rotatable bonds is 3. The van der Waals surface area contributed by atoms with Crippen molar-refractivity contribution in [1.29, 1.82) is 0 Å². The maximum atomic E-state index is 11.5. The molecule has 0 aliphatic rings. The number of esters is 1. The Bertz CT molecular complexity index is 439. The molecule has 0 radical (unpaired) electrons. The number of ether oxygens (including phenoxy) is 1. The molecule has 0 atom stereocenters. The molecule has 0 spiro atoms. The molecule has 6 heteroatoms. The van der Waals surface area contributed by atoms with E-state index in [1.807, 2.05) is 0 Å². The predicted octanol–water partition coefficient (Wildman–Crippen LogP) is -2.21. The molecule has 0 unspecified atom stereocenters. The minimum Gasteiger partial charge on any atom is -0.872 e. The second-order valence-corrected chi connectivity index (χ2v) is 3.31. The van der Waals surface area contributed by atoms with Crippen molar-refractivity contribution < 1.29 is 49.0 Å². The largest absolute Gasteiger partial charge is 1.00 e. The molecule has 0 amide bonds. The van der Waals surface area contributed by atoms with Crippen LogP contribution in [0.25, 0.3) is 5.76 Å². The van der Waals surface area contributed by atoms with Gasteiger partial charge >= 0.3 is 35.5 Å². The summed E-state index contributed by atoms with van der Waals surface area (Å²) in [6, 6.07) is 5.97. The summed E-state index contributed by atoms with van der Waals surface area (Å²) in [6.45, 7) is 0. The molecule has 0 aliphatic carbocycles. The average Bonchev–Trinajstić information content (AvgIpc) is 2.28. The predicted molar refractivity (Wildman–Crippen MR) is 56.5 cm³/mol. The minimum absolute atomic E-state index is 0. The number of hydrogen-bond acceptors (Lipinski definition) is 4. The van der Waals surface area contributed by atoms with Crippen LogP contribution in [-0.2, 0) is 14.3 Å². The van der Waals surface area contributed by atoms with Gasteiger partial charge in [0.1, 0.15) is 0 Å². The molecule has 4 nitrogen and oxygen atoms in total. The van der Waals surface area contributed by atoms with E-state index in [0.29, 0.717) is 11.1 Å². The van der Waals surface area contributed by atoms with Gasteiger partial charge in [-0.2, -0.15) is 0 Å². The van der Waals surface area contributed by atoms with Crippen molar-refractivity contribution in [3.8, 4) is 0 Å². The number of ketones is 1. The number of methoxy groups -OCH3 is 1.